The average molecular weight is 212 g/mol. The molecule has 0 aromatic carbocycles. The topological polar surface area (TPSA) is 58.3 Å². The third-order valence-corrected chi connectivity index (χ3v) is 4.14. The smallest absolute Gasteiger partial charge is 0.0436 e. The maximum atomic E-state index is 8.97. The molecule has 2 aliphatic carbocycles. The normalized spacial score (nSPS) is 34.0. The van der Waals surface area contributed by atoms with Crippen LogP contribution in [0.25, 0.3) is 0 Å². The first-order valence-corrected chi connectivity index (χ1v) is 6.34. The van der Waals surface area contributed by atoms with E-state index < -0.39 is 0 Å². The van der Waals surface area contributed by atoms with Gasteiger partial charge < -0.3 is 16.2 Å². The van der Waals surface area contributed by atoms with Gasteiger partial charge in [0.15, 0.2) is 0 Å². The third kappa shape index (κ3) is 3.16. The highest BCUT2D eigenvalue weighted by atomic mass is 16.3. The summed E-state index contributed by atoms with van der Waals surface area (Å²) in [4.78, 5) is 0. The lowest BCUT2D eigenvalue weighted by atomic mass is 9.91. The lowest BCUT2D eigenvalue weighted by Crippen LogP contribution is -2.40. The molecule has 0 bridgehead atoms. The Morgan fingerprint density at radius 3 is 2.40 bits per heavy atom. The van der Waals surface area contributed by atoms with Crippen molar-refractivity contribution in [3.8, 4) is 0 Å². The van der Waals surface area contributed by atoms with Gasteiger partial charge in [-0.1, -0.05) is 0 Å². The molecule has 0 aromatic rings. The van der Waals surface area contributed by atoms with Gasteiger partial charge in [-0.25, -0.2) is 0 Å². The molecule has 0 spiro atoms. The second-order valence-corrected chi connectivity index (χ2v) is 5.47. The molecule has 0 aromatic heterocycles. The van der Waals surface area contributed by atoms with Crippen LogP contribution in [0.3, 0.4) is 0 Å². The zero-order valence-electron chi connectivity index (χ0n) is 9.54. The van der Waals surface area contributed by atoms with Crippen molar-refractivity contribution >= 4 is 0 Å². The summed E-state index contributed by atoms with van der Waals surface area (Å²) in [5, 5.41) is 12.6. The summed E-state index contributed by atoms with van der Waals surface area (Å²) >= 11 is 0. The summed E-state index contributed by atoms with van der Waals surface area (Å²) in [6.45, 7) is 1.45. The van der Waals surface area contributed by atoms with E-state index in [1.165, 1.54) is 38.5 Å². The molecule has 2 fully saturated rings. The summed E-state index contributed by atoms with van der Waals surface area (Å²) in [6.07, 6.45) is 8.38. The van der Waals surface area contributed by atoms with Crippen LogP contribution < -0.4 is 11.1 Å². The zero-order chi connectivity index (χ0) is 10.7. The summed E-state index contributed by atoms with van der Waals surface area (Å²) in [5.41, 5.74) is 6.33. The molecule has 2 aliphatic rings. The largest absolute Gasteiger partial charge is 0.396 e. The molecule has 0 unspecified atom stereocenters. The fraction of sp³-hybridized carbons (Fsp3) is 1.00. The van der Waals surface area contributed by atoms with E-state index in [0.29, 0.717) is 24.1 Å². The first kappa shape index (κ1) is 11.4. The molecule has 0 saturated heterocycles. The predicted molar refractivity (Wildman–Crippen MR) is 61.6 cm³/mol. The van der Waals surface area contributed by atoms with E-state index in [0.717, 1.165) is 13.0 Å². The highest BCUT2D eigenvalue weighted by Crippen LogP contribution is 2.48. The SMILES string of the molecule is NC1CCC(NCC2(CCO)CC2)CC1. The Balaban J connectivity index is 1.65. The Labute approximate surface area is 92.4 Å². The van der Waals surface area contributed by atoms with Crippen molar-refractivity contribution in [3.05, 3.63) is 0 Å². The Hall–Kier alpha value is -0.120. The van der Waals surface area contributed by atoms with Gasteiger partial charge in [-0.05, 0) is 50.4 Å². The minimum absolute atomic E-state index is 0.344. The van der Waals surface area contributed by atoms with E-state index in [1.807, 2.05) is 0 Å². The maximum absolute atomic E-state index is 8.97. The summed E-state index contributed by atoms with van der Waals surface area (Å²) < 4.78 is 0. The van der Waals surface area contributed by atoms with Gasteiger partial charge in [-0.2, -0.15) is 0 Å². The van der Waals surface area contributed by atoms with Crippen LogP contribution in [0.4, 0.5) is 0 Å². The fourth-order valence-electron chi connectivity index (χ4n) is 2.61. The first-order valence-electron chi connectivity index (χ1n) is 6.34. The first-order chi connectivity index (χ1) is 7.24. The molecule has 0 heterocycles. The van der Waals surface area contributed by atoms with E-state index >= 15 is 0 Å². The molecule has 88 valence electrons. The van der Waals surface area contributed by atoms with E-state index in [4.69, 9.17) is 10.8 Å². The quantitative estimate of drug-likeness (QED) is 0.637. The summed E-state index contributed by atoms with van der Waals surface area (Å²) in [6, 6.07) is 1.12. The van der Waals surface area contributed by atoms with Crippen LogP contribution in [0.5, 0.6) is 0 Å². The van der Waals surface area contributed by atoms with E-state index in [1.54, 1.807) is 0 Å². The van der Waals surface area contributed by atoms with Crippen LogP contribution in [0.15, 0.2) is 0 Å². The number of aliphatic hydroxyl groups excluding tert-OH is 1. The van der Waals surface area contributed by atoms with Crippen LogP contribution >= 0.6 is 0 Å². The summed E-state index contributed by atoms with van der Waals surface area (Å²) in [5.74, 6) is 0. The summed E-state index contributed by atoms with van der Waals surface area (Å²) in [7, 11) is 0. The standard InChI is InChI=1S/C12H24N2O/c13-10-1-3-11(4-2-10)14-9-12(5-6-12)7-8-15/h10-11,14-15H,1-9,13H2. The monoisotopic (exact) mass is 212 g/mol. The number of hydrogen-bond acceptors (Lipinski definition) is 3. The van der Waals surface area contributed by atoms with Crippen molar-refractivity contribution in [2.24, 2.45) is 11.1 Å². The van der Waals surface area contributed by atoms with Gasteiger partial charge in [-0.3, -0.25) is 0 Å². The molecule has 3 heteroatoms. The number of rotatable bonds is 5. The third-order valence-electron chi connectivity index (χ3n) is 4.14. The van der Waals surface area contributed by atoms with Gasteiger partial charge >= 0.3 is 0 Å². The van der Waals surface area contributed by atoms with Gasteiger partial charge in [0.05, 0.1) is 0 Å². The highest BCUT2D eigenvalue weighted by Gasteiger charge is 2.41. The van der Waals surface area contributed by atoms with Crippen molar-refractivity contribution in [2.45, 2.75) is 57.0 Å². The number of hydrogen-bond donors (Lipinski definition) is 3. The Kier molecular flexibility index (Phi) is 3.65. The van der Waals surface area contributed by atoms with Crippen LogP contribution in [0.1, 0.15) is 44.9 Å². The number of nitrogens with one attached hydrogen (secondary N) is 1. The molecular weight excluding hydrogens is 188 g/mol. The van der Waals surface area contributed by atoms with Crippen molar-refractivity contribution < 1.29 is 5.11 Å². The minimum atomic E-state index is 0.344. The molecule has 15 heavy (non-hydrogen) atoms. The molecule has 0 amide bonds. The Bertz CT molecular complexity index is 196. The lowest BCUT2D eigenvalue weighted by Gasteiger charge is -2.28. The van der Waals surface area contributed by atoms with Crippen molar-refractivity contribution in [2.75, 3.05) is 13.2 Å². The van der Waals surface area contributed by atoms with Gasteiger partial charge in [0, 0.05) is 25.2 Å². The molecule has 0 atom stereocenters. The second-order valence-electron chi connectivity index (χ2n) is 5.47. The van der Waals surface area contributed by atoms with E-state index in [9.17, 15) is 0 Å². The molecule has 4 N–H and O–H groups in total. The molecule has 3 nitrogen and oxygen atoms in total. The Morgan fingerprint density at radius 1 is 1.20 bits per heavy atom. The van der Waals surface area contributed by atoms with Crippen molar-refractivity contribution in [3.63, 3.8) is 0 Å². The maximum Gasteiger partial charge on any atom is 0.0436 e. The van der Waals surface area contributed by atoms with Gasteiger partial charge in [0.2, 0.25) is 0 Å². The second kappa shape index (κ2) is 4.81. The van der Waals surface area contributed by atoms with Crippen LogP contribution in [0.2, 0.25) is 0 Å². The van der Waals surface area contributed by atoms with Crippen molar-refractivity contribution in [1.29, 1.82) is 0 Å². The molecule has 0 aliphatic heterocycles. The minimum Gasteiger partial charge on any atom is -0.396 e. The lowest BCUT2D eigenvalue weighted by molar-refractivity contribution is 0.236. The average Bonchev–Trinajstić information content (AvgIpc) is 2.99. The molecule has 2 rings (SSSR count). The van der Waals surface area contributed by atoms with Crippen molar-refractivity contribution in [1.82, 2.24) is 5.32 Å². The van der Waals surface area contributed by atoms with Crippen LogP contribution in [-0.2, 0) is 0 Å². The number of aliphatic hydroxyl groups is 1. The molecule has 2 saturated carbocycles. The number of nitrogens with two attached hydrogens (primary N) is 1. The predicted octanol–water partition coefficient (Wildman–Crippen LogP) is 1.01. The van der Waals surface area contributed by atoms with E-state index in [2.05, 4.69) is 5.32 Å². The van der Waals surface area contributed by atoms with Gasteiger partial charge in [0.1, 0.15) is 0 Å². The van der Waals surface area contributed by atoms with Crippen LogP contribution in [0, 0.1) is 5.41 Å². The highest BCUT2D eigenvalue weighted by molar-refractivity contribution is 4.95. The van der Waals surface area contributed by atoms with E-state index in [-0.39, 0.29) is 0 Å². The van der Waals surface area contributed by atoms with Crippen LogP contribution in [-0.4, -0.2) is 30.3 Å². The molecule has 0 radical (unpaired) electrons. The zero-order valence-corrected chi connectivity index (χ0v) is 9.54. The van der Waals surface area contributed by atoms with Gasteiger partial charge in [0.25, 0.3) is 0 Å². The molecular formula is C12H24N2O. The fourth-order valence-corrected chi connectivity index (χ4v) is 2.61. The Morgan fingerprint density at radius 2 is 1.87 bits per heavy atom. The van der Waals surface area contributed by atoms with Gasteiger partial charge in [-0.15, -0.1) is 0 Å².